The first kappa shape index (κ1) is 12.9. The zero-order valence-electron chi connectivity index (χ0n) is 10.1. The van der Waals surface area contributed by atoms with Crippen molar-refractivity contribution in [3.63, 3.8) is 0 Å². The number of hydrogen-bond donors (Lipinski definition) is 2. The van der Waals surface area contributed by atoms with Gasteiger partial charge in [0.1, 0.15) is 11.8 Å². The zero-order chi connectivity index (χ0) is 14.0. The van der Waals surface area contributed by atoms with Crippen LogP contribution < -0.4 is 15.0 Å². The molecule has 1 atom stereocenters. The molecular weight excluding hydrogens is 252 g/mol. The van der Waals surface area contributed by atoms with Crippen molar-refractivity contribution in [1.29, 1.82) is 0 Å². The first-order chi connectivity index (χ1) is 9.02. The van der Waals surface area contributed by atoms with E-state index >= 15 is 0 Å². The van der Waals surface area contributed by atoms with Gasteiger partial charge in [-0.25, -0.2) is 4.79 Å². The number of carboxylic acids is 1. The lowest BCUT2D eigenvalue weighted by atomic mass is 10.1. The molecule has 2 N–H and O–H groups in total. The van der Waals surface area contributed by atoms with Gasteiger partial charge in [0.05, 0.1) is 13.5 Å². The molecule has 1 saturated heterocycles. The number of urea groups is 1. The molecule has 0 radical (unpaired) electrons. The predicted octanol–water partition coefficient (Wildman–Crippen LogP) is 0.595. The number of benzene rings is 1. The van der Waals surface area contributed by atoms with Crippen molar-refractivity contribution >= 4 is 23.6 Å². The molecule has 1 heterocycles. The Morgan fingerprint density at radius 1 is 1.37 bits per heavy atom. The van der Waals surface area contributed by atoms with E-state index in [-0.39, 0.29) is 0 Å². The minimum absolute atomic E-state index is 0.440. The number of amides is 3. The summed E-state index contributed by atoms with van der Waals surface area (Å²) in [5.41, 5.74) is 0.440. The molecule has 3 amide bonds. The number of carboxylic acid groups (broad SMARTS) is 1. The minimum atomic E-state index is -1.15. The molecule has 2 rings (SSSR count). The number of methoxy groups -OCH3 is 1. The van der Waals surface area contributed by atoms with Crippen molar-refractivity contribution in [3.05, 3.63) is 24.3 Å². The Morgan fingerprint density at radius 2 is 2.00 bits per heavy atom. The van der Waals surface area contributed by atoms with E-state index in [2.05, 4.69) is 5.32 Å². The van der Waals surface area contributed by atoms with Crippen LogP contribution in [0, 0.1) is 0 Å². The molecule has 7 heteroatoms. The Kier molecular flexibility index (Phi) is 3.37. The average molecular weight is 264 g/mol. The molecule has 1 fully saturated rings. The number of hydrogen-bond acceptors (Lipinski definition) is 4. The molecule has 0 spiro atoms. The van der Waals surface area contributed by atoms with E-state index in [1.54, 1.807) is 24.3 Å². The lowest BCUT2D eigenvalue weighted by Gasteiger charge is -2.20. The highest BCUT2D eigenvalue weighted by Gasteiger charge is 2.40. The average Bonchev–Trinajstić information content (AvgIpc) is 2.64. The normalized spacial score (nSPS) is 18.4. The van der Waals surface area contributed by atoms with Crippen LogP contribution in [-0.2, 0) is 9.59 Å². The van der Waals surface area contributed by atoms with E-state index in [1.165, 1.54) is 7.11 Å². The van der Waals surface area contributed by atoms with Crippen LogP contribution in [0.25, 0.3) is 0 Å². The summed E-state index contributed by atoms with van der Waals surface area (Å²) in [6.07, 6.45) is -0.441. The second kappa shape index (κ2) is 4.97. The number of carbonyl (C=O) groups excluding carboxylic acids is 2. The number of imide groups is 1. The van der Waals surface area contributed by atoms with Crippen molar-refractivity contribution < 1.29 is 24.2 Å². The van der Waals surface area contributed by atoms with Crippen molar-refractivity contribution in [3.8, 4) is 5.75 Å². The molecular formula is C12H12N2O5. The third-order valence-corrected chi connectivity index (χ3v) is 2.78. The Hall–Kier alpha value is -2.57. The van der Waals surface area contributed by atoms with Crippen LogP contribution in [0.1, 0.15) is 6.42 Å². The van der Waals surface area contributed by atoms with E-state index in [0.29, 0.717) is 11.4 Å². The molecule has 7 nitrogen and oxygen atoms in total. The SMILES string of the molecule is COc1ccc(N2C(=O)NC(=O)C2CC(=O)O)cc1. The van der Waals surface area contributed by atoms with Gasteiger partial charge in [-0.2, -0.15) is 0 Å². The van der Waals surface area contributed by atoms with E-state index in [9.17, 15) is 14.4 Å². The van der Waals surface area contributed by atoms with Gasteiger partial charge in [-0.3, -0.25) is 19.8 Å². The summed E-state index contributed by atoms with van der Waals surface area (Å²) in [5.74, 6) is -1.15. The number of carbonyl (C=O) groups is 3. The number of nitrogens with one attached hydrogen (secondary N) is 1. The molecule has 1 aliphatic heterocycles. The van der Waals surface area contributed by atoms with E-state index in [1.807, 2.05) is 0 Å². The molecule has 1 aliphatic rings. The number of nitrogens with zero attached hydrogens (tertiary/aromatic N) is 1. The first-order valence-corrected chi connectivity index (χ1v) is 5.53. The highest BCUT2D eigenvalue weighted by molar-refractivity contribution is 6.15. The topological polar surface area (TPSA) is 95.9 Å². The summed E-state index contributed by atoms with van der Waals surface area (Å²) in [6.45, 7) is 0. The summed E-state index contributed by atoms with van der Waals surface area (Å²) >= 11 is 0. The second-order valence-corrected chi connectivity index (χ2v) is 3.98. The molecule has 1 aromatic carbocycles. The number of ether oxygens (including phenoxy) is 1. The third kappa shape index (κ3) is 2.49. The van der Waals surface area contributed by atoms with Crippen LogP contribution in [-0.4, -0.2) is 36.2 Å². The minimum Gasteiger partial charge on any atom is -0.497 e. The summed E-state index contributed by atoms with van der Waals surface area (Å²) in [6, 6.07) is 4.78. The molecule has 1 aromatic rings. The van der Waals surface area contributed by atoms with E-state index in [0.717, 1.165) is 4.90 Å². The predicted molar refractivity (Wildman–Crippen MR) is 65.1 cm³/mol. The Bertz CT molecular complexity index is 525. The maximum absolute atomic E-state index is 11.7. The zero-order valence-corrected chi connectivity index (χ0v) is 10.1. The Labute approximate surface area is 108 Å². The lowest BCUT2D eigenvalue weighted by molar-refractivity contribution is -0.139. The number of rotatable bonds is 4. The fraction of sp³-hybridized carbons (Fsp3) is 0.250. The monoisotopic (exact) mass is 264 g/mol. The number of anilines is 1. The van der Waals surface area contributed by atoms with Gasteiger partial charge >= 0.3 is 12.0 Å². The van der Waals surface area contributed by atoms with E-state index in [4.69, 9.17) is 9.84 Å². The second-order valence-electron chi connectivity index (χ2n) is 3.98. The van der Waals surface area contributed by atoms with Crippen molar-refractivity contribution in [2.45, 2.75) is 12.5 Å². The maximum atomic E-state index is 11.7. The van der Waals surface area contributed by atoms with E-state index < -0.39 is 30.4 Å². The van der Waals surface area contributed by atoms with Crippen molar-refractivity contribution in [2.75, 3.05) is 12.0 Å². The Morgan fingerprint density at radius 3 is 2.53 bits per heavy atom. The summed E-state index contributed by atoms with van der Waals surface area (Å²) in [7, 11) is 1.51. The fourth-order valence-corrected chi connectivity index (χ4v) is 1.90. The van der Waals surface area contributed by atoms with Crippen LogP contribution in [0.2, 0.25) is 0 Å². The van der Waals surface area contributed by atoms with Gasteiger partial charge in [0, 0.05) is 5.69 Å². The molecule has 0 saturated carbocycles. The lowest BCUT2D eigenvalue weighted by Crippen LogP contribution is -2.36. The molecule has 19 heavy (non-hydrogen) atoms. The fourth-order valence-electron chi connectivity index (χ4n) is 1.90. The standard InChI is InChI=1S/C12H12N2O5/c1-19-8-4-2-7(3-5-8)14-9(6-10(15)16)11(17)13-12(14)18/h2-5,9H,6H2,1H3,(H,15,16)(H,13,17,18). The molecule has 1 unspecified atom stereocenters. The Balaban J connectivity index is 2.30. The molecule has 0 aromatic heterocycles. The van der Waals surface area contributed by atoms with Gasteiger partial charge in [-0.15, -0.1) is 0 Å². The summed E-state index contributed by atoms with van der Waals surface area (Å²) in [5, 5.41) is 10.9. The van der Waals surface area contributed by atoms with Crippen LogP contribution >= 0.6 is 0 Å². The quantitative estimate of drug-likeness (QED) is 0.776. The molecule has 0 bridgehead atoms. The first-order valence-electron chi connectivity index (χ1n) is 5.53. The highest BCUT2D eigenvalue weighted by Crippen LogP contribution is 2.25. The van der Waals surface area contributed by atoms with Crippen LogP contribution in [0.15, 0.2) is 24.3 Å². The maximum Gasteiger partial charge on any atom is 0.329 e. The van der Waals surface area contributed by atoms with Gasteiger partial charge in [0.25, 0.3) is 5.91 Å². The van der Waals surface area contributed by atoms with Crippen LogP contribution in [0.5, 0.6) is 5.75 Å². The van der Waals surface area contributed by atoms with Gasteiger partial charge in [-0.05, 0) is 24.3 Å². The molecule has 100 valence electrons. The highest BCUT2D eigenvalue weighted by atomic mass is 16.5. The van der Waals surface area contributed by atoms with Gasteiger partial charge in [0.2, 0.25) is 0 Å². The largest absolute Gasteiger partial charge is 0.497 e. The third-order valence-electron chi connectivity index (χ3n) is 2.78. The van der Waals surface area contributed by atoms with Gasteiger partial charge < -0.3 is 9.84 Å². The van der Waals surface area contributed by atoms with Gasteiger partial charge in [-0.1, -0.05) is 0 Å². The summed E-state index contributed by atoms with van der Waals surface area (Å²) in [4.78, 5) is 35.1. The van der Waals surface area contributed by atoms with Crippen molar-refractivity contribution in [2.24, 2.45) is 0 Å². The smallest absolute Gasteiger partial charge is 0.329 e. The van der Waals surface area contributed by atoms with Crippen LogP contribution in [0.3, 0.4) is 0 Å². The number of aliphatic carboxylic acids is 1. The molecule has 0 aliphatic carbocycles. The van der Waals surface area contributed by atoms with Crippen molar-refractivity contribution in [1.82, 2.24) is 5.32 Å². The van der Waals surface area contributed by atoms with Gasteiger partial charge in [0.15, 0.2) is 0 Å². The van der Waals surface area contributed by atoms with Crippen LogP contribution in [0.4, 0.5) is 10.5 Å². The summed E-state index contributed by atoms with van der Waals surface area (Å²) < 4.78 is 4.99.